The molecule has 1 amide bonds. The van der Waals surface area contributed by atoms with E-state index in [2.05, 4.69) is 5.32 Å². The van der Waals surface area contributed by atoms with E-state index in [-0.39, 0.29) is 25.1 Å². The molecule has 0 aromatic heterocycles. The van der Waals surface area contributed by atoms with Crippen LogP contribution >= 0.6 is 11.6 Å². The zero-order chi connectivity index (χ0) is 20.2. The lowest BCUT2D eigenvalue weighted by Gasteiger charge is -2.24. The van der Waals surface area contributed by atoms with Crippen molar-refractivity contribution in [3.8, 4) is 0 Å². The third-order valence-corrected chi connectivity index (χ3v) is 5.23. The first kappa shape index (κ1) is 21.1. The number of anilines is 2. The van der Waals surface area contributed by atoms with Gasteiger partial charge in [0.15, 0.2) is 0 Å². The number of halogens is 3. The molecule has 0 saturated carbocycles. The molecule has 27 heavy (non-hydrogen) atoms. The SMILES string of the molecule is Cc1ccc(Cl)cc1N(CCCC(=O)Nc1ccc(F)cc1F)S(C)(=O)=O. The van der Waals surface area contributed by atoms with E-state index in [0.29, 0.717) is 16.8 Å². The predicted molar refractivity (Wildman–Crippen MR) is 103 cm³/mol. The number of hydrogen-bond donors (Lipinski definition) is 1. The molecule has 2 aromatic carbocycles. The fraction of sp³-hybridized carbons (Fsp3) is 0.278. The summed E-state index contributed by atoms with van der Waals surface area (Å²) in [4.78, 5) is 12.0. The van der Waals surface area contributed by atoms with Crippen LogP contribution in [0.4, 0.5) is 20.2 Å². The minimum absolute atomic E-state index is 0.0392. The van der Waals surface area contributed by atoms with Crippen molar-refractivity contribution in [1.29, 1.82) is 0 Å². The Morgan fingerprint density at radius 2 is 1.89 bits per heavy atom. The van der Waals surface area contributed by atoms with E-state index in [1.807, 2.05) is 0 Å². The van der Waals surface area contributed by atoms with Gasteiger partial charge in [0.25, 0.3) is 0 Å². The van der Waals surface area contributed by atoms with Crippen LogP contribution in [0, 0.1) is 18.6 Å². The molecule has 0 bridgehead atoms. The summed E-state index contributed by atoms with van der Waals surface area (Å²) in [6, 6.07) is 7.74. The lowest BCUT2D eigenvalue weighted by molar-refractivity contribution is -0.116. The highest BCUT2D eigenvalue weighted by Gasteiger charge is 2.20. The van der Waals surface area contributed by atoms with E-state index in [0.717, 1.165) is 24.0 Å². The summed E-state index contributed by atoms with van der Waals surface area (Å²) in [5, 5.41) is 2.74. The predicted octanol–water partition coefficient (Wildman–Crippen LogP) is 4.11. The van der Waals surface area contributed by atoms with Gasteiger partial charge < -0.3 is 5.32 Å². The number of sulfonamides is 1. The molecule has 2 rings (SSSR count). The number of carbonyl (C=O) groups is 1. The van der Waals surface area contributed by atoms with Crippen molar-refractivity contribution in [3.05, 3.63) is 58.6 Å². The number of benzene rings is 2. The van der Waals surface area contributed by atoms with Crippen molar-refractivity contribution in [2.24, 2.45) is 0 Å². The van der Waals surface area contributed by atoms with Crippen LogP contribution in [0.3, 0.4) is 0 Å². The van der Waals surface area contributed by atoms with E-state index in [4.69, 9.17) is 11.6 Å². The van der Waals surface area contributed by atoms with Crippen molar-refractivity contribution in [3.63, 3.8) is 0 Å². The van der Waals surface area contributed by atoms with Gasteiger partial charge in [-0.15, -0.1) is 0 Å². The Morgan fingerprint density at radius 1 is 1.19 bits per heavy atom. The van der Waals surface area contributed by atoms with E-state index in [1.165, 1.54) is 4.31 Å². The van der Waals surface area contributed by atoms with Crippen LogP contribution < -0.4 is 9.62 Å². The Balaban J connectivity index is 2.03. The summed E-state index contributed by atoms with van der Waals surface area (Å²) >= 11 is 5.96. The molecule has 0 heterocycles. The normalized spacial score (nSPS) is 11.3. The number of carbonyl (C=O) groups excluding carboxylic acids is 1. The quantitative estimate of drug-likeness (QED) is 0.738. The van der Waals surface area contributed by atoms with E-state index < -0.39 is 27.6 Å². The fourth-order valence-corrected chi connectivity index (χ4v) is 3.68. The molecule has 0 aliphatic heterocycles. The van der Waals surface area contributed by atoms with Gasteiger partial charge in [-0.3, -0.25) is 9.10 Å². The number of rotatable bonds is 7. The third kappa shape index (κ3) is 5.90. The number of aryl methyl sites for hydroxylation is 1. The summed E-state index contributed by atoms with van der Waals surface area (Å²) in [7, 11) is -3.58. The Labute approximate surface area is 162 Å². The molecule has 0 aliphatic rings. The Bertz CT molecular complexity index is 952. The van der Waals surface area contributed by atoms with Crippen LogP contribution in [0.2, 0.25) is 5.02 Å². The fourth-order valence-electron chi connectivity index (χ4n) is 2.50. The van der Waals surface area contributed by atoms with Crippen molar-refractivity contribution in [1.82, 2.24) is 0 Å². The summed E-state index contributed by atoms with van der Waals surface area (Å²) in [5.74, 6) is -2.13. The summed E-state index contributed by atoms with van der Waals surface area (Å²) in [5.41, 5.74) is 1.03. The van der Waals surface area contributed by atoms with Crippen molar-refractivity contribution < 1.29 is 22.0 Å². The molecule has 1 N–H and O–H groups in total. The van der Waals surface area contributed by atoms with Gasteiger partial charge in [0.2, 0.25) is 15.9 Å². The van der Waals surface area contributed by atoms with Gasteiger partial charge in [-0.1, -0.05) is 17.7 Å². The van der Waals surface area contributed by atoms with E-state index >= 15 is 0 Å². The van der Waals surface area contributed by atoms with E-state index in [9.17, 15) is 22.0 Å². The van der Waals surface area contributed by atoms with Gasteiger partial charge in [0.05, 0.1) is 17.6 Å². The molecule has 0 spiro atoms. The molecule has 9 heteroatoms. The molecule has 146 valence electrons. The summed E-state index contributed by atoms with van der Waals surface area (Å²) < 4.78 is 51.9. The van der Waals surface area contributed by atoms with Crippen molar-refractivity contribution in [2.75, 3.05) is 22.4 Å². The first-order chi connectivity index (χ1) is 12.6. The van der Waals surface area contributed by atoms with Crippen LogP contribution in [0.15, 0.2) is 36.4 Å². The maximum absolute atomic E-state index is 13.6. The highest BCUT2D eigenvalue weighted by atomic mass is 35.5. The standard InChI is InChI=1S/C18H19ClF2N2O3S/c1-12-5-6-13(19)10-17(12)23(27(2,25)26)9-3-4-18(24)22-16-8-7-14(20)11-15(16)21/h5-8,10-11H,3-4,9H2,1-2H3,(H,22,24). The number of hydrogen-bond acceptors (Lipinski definition) is 3. The second-order valence-electron chi connectivity index (χ2n) is 6.04. The third-order valence-electron chi connectivity index (χ3n) is 3.81. The zero-order valence-corrected chi connectivity index (χ0v) is 16.4. The molecule has 2 aromatic rings. The van der Waals surface area contributed by atoms with Crippen LogP contribution in [-0.2, 0) is 14.8 Å². The highest BCUT2D eigenvalue weighted by molar-refractivity contribution is 7.92. The van der Waals surface area contributed by atoms with Crippen LogP contribution in [0.1, 0.15) is 18.4 Å². The van der Waals surface area contributed by atoms with Gasteiger partial charge in [0.1, 0.15) is 11.6 Å². The molecule has 0 aliphatic carbocycles. The van der Waals surface area contributed by atoms with Gasteiger partial charge in [-0.2, -0.15) is 0 Å². The molecule has 0 radical (unpaired) electrons. The molecular weight excluding hydrogens is 398 g/mol. The Morgan fingerprint density at radius 3 is 2.52 bits per heavy atom. The zero-order valence-electron chi connectivity index (χ0n) is 14.8. The first-order valence-corrected chi connectivity index (χ1v) is 10.3. The second-order valence-corrected chi connectivity index (χ2v) is 8.39. The van der Waals surface area contributed by atoms with Crippen molar-refractivity contribution >= 4 is 38.9 Å². The minimum Gasteiger partial charge on any atom is -0.324 e. The molecule has 0 saturated heterocycles. The van der Waals surface area contributed by atoms with Gasteiger partial charge in [-0.25, -0.2) is 17.2 Å². The first-order valence-electron chi connectivity index (χ1n) is 8.06. The van der Waals surface area contributed by atoms with Crippen LogP contribution in [0.5, 0.6) is 0 Å². The number of amides is 1. The monoisotopic (exact) mass is 416 g/mol. The van der Waals surface area contributed by atoms with Crippen LogP contribution in [0.25, 0.3) is 0 Å². The number of nitrogens with one attached hydrogen (secondary N) is 1. The maximum Gasteiger partial charge on any atom is 0.232 e. The average molecular weight is 417 g/mol. The van der Waals surface area contributed by atoms with Gasteiger partial charge >= 0.3 is 0 Å². The smallest absolute Gasteiger partial charge is 0.232 e. The lowest BCUT2D eigenvalue weighted by atomic mass is 10.2. The summed E-state index contributed by atoms with van der Waals surface area (Å²) in [6.45, 7) is 1.81. The maximum atomic E-state index is 13.6. The Kier molecular flexibility index (Phi) is 6.78. The Hall–Kier alpha value is -2.19. The van der Waals surface area contributed by atoms with Gasteiger partial charge in [-0.05, 0) is 43.2 Å². The van der Waals surface area contributed by atoms with Gasteiger partial charge in [0, 0.05) is 24.1 Å². The lowest BCUT2D eigenvalue weighted by Crippen LogP contribution is -2.32. The van der Waals surface area contributed by atoms with Crippen LogP contribution in [-0.4, -0.2) is 27.1 Å². The average Bonchev–Trinajstić information content (AvgIpc) is 2.56. The minimum atomic E-state index is -3.58. The topological polar surface area (TPSA) is 66.5 Å². The van der Waals surface area contributed by atoms with Crippen molar-refractivity contribution in [2.45, 2.75) is 19.8 Å². The number of nitrogens with zero attached hydrogens (tertiary/aromatic N) is 1. The molecule has 0 unspecified atom stereocenters. The molecule has 5 nitrogen and oxygen atoms in total. The summed E-state index contributed by atoms with van der Waals surface area (Å²) in [6.07, 6.45) is 1.23. The van der Waals surface area contributed by atoms with E-state index in [1.54, 1.807) is 25.1 Å². The largest absolute Gasteiger partial charge is 0.324 e. The molecule has 0 atom stereocenters. The highest BCUT2D eigenvalue weighted by Crippen LogP contribution is 2.26. The molecule has 0 fully saturated rings. The molecular formula is C18H19ClF2N2O3S. The second kappa shape index (κ2) is 8.67.